The summed E-state index contributed by atoms with van der Waals surface area (Å²) in [4.78, 5) is 28.0. The first kappa shape index (κ1) is 27.7. The number of halogens is 1. The number of anilines is 1. The largest absolute Gasteiger partial charge is 0.354 e. The number of aryl methyl sites for hydroxylation is 2. The maximum atomic E-state index is 13.6. The zero-order valence-electron chi connectivity index (χ0n) is 20.5. The molecule has 0 heterocycles. The molecule has 2 aromatic rings. The maximum absolute atomic E-state index is 13.6. The molecule has 0 aromatic heterocycles. The molecule has 1 N–H and O–H groups in total. The van der Waals surface area contributed by atoms with Crippen molar-refractivity contribution in [2.24, 2.45) is 0 Å². The fourth-order valence-corrected chi connectivity index (χ4v) is 4.80. The smallest absolute Gasteiger partial charge is 0.244 e. The van der Waals surface area contributed by atoms with Gasteiger partial charge in [0.1, 0.15) is 12.6 Å². The van der Waals surface area contributed by atoms with Gasteiger partial charge >= 0.3 is 0 Å². The highest BCUT2D eigenvalue weighted by atomic mass is 35.5. The monoisotopic (exact) mass is 507 g/mol. The van der Waals surface area contributed by atoms with Crippen molar-refractivity contribution in [1.29, 1.82) is 0 Å². The van der Waals surface area contributed by atoms with Gasteiger partial charge in [0.05, 0.1) is 11.9 Å². The Hall–Kier alpha value is -2.58. The number of nitrogens with one attached hydrogen (secondary N) is 1. The Balaban J connectivity index is 2.47. The molecule has 34 heavy (non-hydrogen) atoms. The summed E-state index contributed by atoms with van der Waals surface area (Å²) in [5.74, 6) is -0.722. The van der Waals surface area contributed by atoms with Gasteiger partial charge in [-0.15, -0.1) is 0 Å². The predicted octanol–water partition coefficient (Wildman–Crippen LogP) is 4.06. The van der Waals surface area contributed by atoms with Gasteiger partial charge < -0.3 is 10.2 Å². The predicted molar refractivity (Wildman–Crippen MR) is 137 cm³/mol. The molecule has 186 valence electrons. The van der Waals surface area contributed by atoms with E-state index in [4.69, 9.17) is 11.6 Å². The lowest BCUT2D eigenvalue weighted by Crippen LogP contribution is -2.52. The SMILES string of the molecule is CCCNC(=O)[C@@H](CC)N(Cc1cccc(C)c1)C(=O)CN(c1cc(Cl)ccc1C)S(C)(=O)=O. The number of carbonyl (C=O) groups excluding carboxylic acids is 2. The molecule has 0 unspecified atom stereocenters. The molecule has 0 saturated carbocycles. The van der Waals surface area contributed by atoms with Crippen LogP contribution in [0.25, 0.3) is 0 Å². The van der Waals surface area contributed by atoms with Crippen LogP contribution < -0.4 is 9.62 Å². The van der Waals surface area contributed by atoms with Gasteiger partial charge in [-0.2, -0.15) is 0 Å². The van der Waals surface area contributed by atoms with E-state index in [0.717, 1.165) is 28.1 Å². The molecular formula is C25H34ClN3O4S. The molecule has 2 amide bonds. The Bertz CT molecular complexity index is 1120. The third-order valence-corrected chi connectivity index (χ3v) is 6.85. The Kier molecular flexibility index (Phi) is 9.94. The molecule has 0 aliphatic carbocycles. The Morgan fingerprint density at radius 3 is 2.38 bits per heavy atom. The quantitative estimate of drug-likeness (QED) is 0.497. The molecule has 0 aliphatic heterocycles. The van der Waals surface area contributed by atoms with Crippen LogP contribution in [0.4, 0.5) is 5.69 Å². The Morgan fingerprint density at radius 1 is 1.09 bits per heavy atom. The Labute approximate surface area is 208 Å². The van der Waals surface area contributed by atoms with Crippen molar-refractivity contribution in [1.82, 2.24) is 10.2 Å². The first-order chi connectivity index (χ1) is 16.0. The van der Waals surface area contributed by atoms with Gasteiger partial charge in [0.25, 0.3) is 0 Å². The average Bonchev–Trinajstić information content (AvgIpc) is 2.76. The van der Waals surface area contributed by atoms with Crippen LogP contribution in [-0.4, -0.2) is 50.5 Å². The van der Waals surface area contributed by atoms with Crippen molar-refractivity contribution in [3.05, 3.63) is 64.2 Å². The van der Waals surface area contributed by atoms with Crippen LogP contribution in [0.3, 0.4) is 0 Å². The van der Waals surface area contributed by atoms with Crippen LogP contribution in [0.2, 0.25) is 5.02 Å². The summed E-state index contributed by atoms with van der Waals surface area (Å²) in [7, 11) is -3.81. The fourth-order valence-electron chi connectivity index (χ4n) is 3.74. The summed E-state index contributed by atoms with van der Waals surface area (Å²) < 4.78 is 26.5. The topological polar surface area (TPSA) is 86.8 Å². The summed E-state index contributed by atoms with van der Waals surface area (Å²) in [6.45, 7) is 7.74. The van der Waals surface area contributed by atoms with Gasteiger partial charge in [0.15, 0.2) is 0 Å². The first-order valence-electron chi connectivity index (χ1n) is 11.3. The van der Waals surface area contributed by atoms with Crippen molar-refractivity contribution in [2.45, 2.75) is 53.1 Å². The minimum absolute atomic E-state index is 0.185. The zero-order chi connectivity index (χ0) is 25.5. The van der Waals surface area contributed by atoms with Crippen LogP contribution in [0, 0.1) is 13.8 Å². The summed E-state index contributed by atoms with van der Waals surface area (Å²) in [6, 6.07) is 11.8. The lowest BCUT2D eigenvalue weighted by atomic mass is 10.1. The van der Waals surface area contributed by atoms with Crippen LogP contribution in [0.1, 0.15) is 43.4 Å². The van der Waals surface area contributed by atoms with E-state index >= 15 is 0 Å². The number of nitrogens with zero attached hydrogens (tertiary/aromatic N) is 2. The van der Waals surface area contributed by atoms with E-state index in [0.29, 0.717) is 29.2 Å². The summed E-state index contributed by atoms with van der Waals surface area (Å²) >= 11 is 6.13. The summed E-state index contributed by atoms with van der Waals surface area (Å²) in [6.07, 6.45) is 2.21. The number of hydrogen-bond acceptors (Lipinski definition) is 4. The van der Waals surface area contributed by atoms with E-state index in [2.05, 4.69) is 5.32 Å². The molecular weight excluding hydrogens is 474 g/mol. The molecule has 2 aromatic carbocycles. The van der Waals surface area contributed by atoms with Gasteiger partial charge in [-0.3, -0.25) is 13.9 Å². The maximum Gasteiger partial charge on any atom is 0.244 e. The van der Waals surface area contributed by atoms with Gasteiger partial charge in [-0.05, 0) is 49.9 Å². The second-order valence-corrected chi connectivity index (χ2v) is 10.8. The number of hydrogen-bond donors (Lipinski definition) is 1. The molecule has 1 atom stereocenters. The molecule has 0 bridgehead atoms. The van der Waals surface area contributed by atoms with Crippen LogP contribution in [0.5, 0.6) is 0 Å². The minimum atomic E-state index is -3.81. The number of rotatable bonds is 11. The summed E-state index contributed by atoms with van der Waals surface area (Å²) in [5, 5.41) is 3.23. The van der Waals surface area contributed by atoms with E-state index in [1.54, 1.807) is 19.1 Å². The van der Waals surface area contributed by atoms with Gasteiger partial charge in [0, 0.05) is 18.1 Å². The van der Waals surface area contributed by atoms with Gasteiger partial charge in [0.2, 0.25) is 21.8 Å². The molecule has 0 saturated heterocycles. The highest BCUT2D eigenvalue weighted by Gasteiger charge is 2.32. The number of amides is 2. The lowest BCUT2D eigenvalue weighted by Gasteiger charge is -2.33. The lowest BCUT2D eigenvalue weighted by molar-refractivity contribution is -0.140. The molecule has 0 spiro atoms. The van der Waals surface area contributed by atoms with E-state index in [-0.39, 0.29) is 12.5 Å². The molecule has 0 radical (unpaired) electrons. The number of carbonyl (C=O) groups is 2. The third kappa shape index (κ3) is 7.46. The van der Waals surface area contributed by atoms with Gasteiger partial charge in [-0.1, -0.05) is 61.3 Å². The first-order valence-corrected chi connectivity index (χ1v) is 13.6. The molecule has 2 rings (SSSR count). The van der Waals surface area contributed by atoms with Crippen molar-refractivity contribution in [3.8, 4) is 0 Å². The highest BCUT2D eigenvalue weighted by Crippen LogP contribution is 2.27. The minimum Gasteiger partial charge on any atom is -0.354 e. The molecule has 7 nitrogen and oxygen atoms in total. The standard InChI is InChI=1S/C25H34ClN3O4S/c1-6-13-27-25(31)22(7-2)28(16-20-10-8-9-18(3)14-20)24(30)17-29(34(5,32)33)23-15-21(26)12-11-19(23)4/h8-12,14-15,22H,6-7,13,16-17H2,1-5H3,(H,27,31)/t22-/m1/s1. The summed E-state index contributed by atoms with van der Waals surface area (Å²) in [5.41, 5.74) is 2.89. The number of benzene rings is 2. The van der Waals surface area contributed by atoms with Gasteiger partial charge in [-0.25, -0.2) is 8.42 Å². The molecule has 9 heteroatoms. The third-order valence-electron chi connectivity index (χ3n) is 5.49. The highest BCUT2D eigenvalue weighted by molar-refractivity contribution is 7.92. The van der Waals surface area contributed by atoms with E-state index in [1.807, 2.05) is 45.0 Å². The van der Waals surface area contributed by atoms with Crippen molar-refractivity contribution >= 4 is 39.1 Å². The second kappa shape index (κ2) is 12.2. The van der Waals surface area contributed by atoms with Crippen molar-refractivity contribution in [2.75, 3.05) is 23.7 Å². The van der Waals surface area contributed by atoms with Crippen LogP contribution >= 0.6 is 11.6 Å². The molecule has 0 aliphatic rings. The van der Waals surface area contributed by atoms with Crippen LogP contribution in [0.15, 0.2) is 42.5 Å². The van der Waals surface area contributed by atoms with E-state index in [1.165, 1.54) is 11.0 Å². The number of sulfonamides is 1. The average molecular weight is 508 g/mol. The fraction of sp³-hybridized carbons (Fsp3) is 0.440. The van der Waals surface area contributed by atoms with Crippen molar-refractivity contribution < 1.29 is 18.0 Å². The Morgan fingerprint density at radius 2 is 1.79 bits per heavy atom. The van der Waals surface area contributed by atoms with E-state index in [9.17, 15) is 18.0 Å². The van der Waals surface area contributed by atoms with E-state index < -0.39 is 28.5 Å². The van der Waals surface area contributed by atoms with Crippen LogP contribution in [-0.2, 0) is 26.2 Å². The zero-order valence-corrected chi connectivity index (χ0v) is 22.0. The molecule has 0 fully saturated rings. The van der Waals surface area contributed by atoms with Crippen molar-refractivity contribution in [3.63, 3.8) is 0 Å². The second-order valence-electron chi connectivity index (χ2n) is 8.43. The normalized spacial score (nSPS) is 12.2.